The van der Waals surface area contributed by atoms with E-state index in [0.717, 1.165) is 24.3 Å². The van der Waals surface area contributed by atoms with Crippen LogP contribution in [-0.4, -0.2) is 131 Å². The van der Waals surface area contributed by atoms with Gasteiger partial charge in [-0.1, -0.05) is 6.08 Å². The van der Waals surface area contributed by atoms with Gasteiger partial charge in [-0.15, -0.1) is 0 Å². The summed E-state index contributed by atoms with van der Waals surface area (Å²) in [5.74, 6) is -5.43. The maximum Gasteiger partial charge on any atom is 0.340 e. The van der Waals surface area contributed by atoms with Crippen molar-refractivity contribution in [2.45, 2.75) is 74.0 Å². The van der Waals surface area contributed by atoms with Crippen LogP contribution in [0.25, 0.3) is 22.3 Å². The number of fused-ring (bicyclic) bond motifs is 1. The van der Waals surface area contributed by atoms with Crippen LogP contribution in [0.5, 0.6) is 23.0 Å². The number of aliphatic carboxylic acids is 1. The average Bonchev–Trinajstić information content (AvgIpc) is 3.11. The first-order chi connectivity index (χ1) is 25.0. The maximum atomic E-state index is 13.4. The Morgan fingerprint density at radius 2 is 1.49 bits per heavy atom. The van der Waals surface area contributed by atoms with Crippen molar-refractivity contribution in [1.82, 2.24) is 5.32 Å². The van der Waals surface area contributed by atoms with Gasteiger partial charge in [-0.25, -0.2) is 9.59 Å². The lowest BCUT2D eigenvalue weighted by molar-refractivity contribution is -0.302. The number of esters is 1. The summed E-state index contributed by atoms with van der Waals surface area (Å²) >= 11 is 0. The molecule has 2 fully saturated rings. The summed E-state index contributed by atoms with van der Waals surface area (Å²) in [7, 11) is 0. The van der Waals surface area contributed by atoms with E-state index in [1.807, 2.05) is 0 Å². The van der Waals surface area contributed by atoms with Crippen LogP contribution in [0.15, 0.2) is 63.5 Å². The minimum atomic E-state index is -2.22. The smallest absolute Gasteiger partial charge is 0.340 e. The summed E-state index contributed by atoms with van der Waals surface area (Å²) in [6.07, 6.45) is -17.5. The van der Waals surface area contributed by atoms with E-state index in [1.165, 1.54) is 12.3 Å². The van der Waals surface area contributed by atoms with E-state index >= 15 is 0 Å². The molecule has 0 saturated carbocycles. The number of aromatic hydroxyl groups is 3. The molecule has 53 heavy (non-hydrogen) atoms. The van der Waals surface area contributed by atoms with E-state index < -0.39 is 102 Å². The predicted molar refractivity (Wildman–Crippen MR) is 173 cm³/mol. The molecule has 11 atom stereocenters. The third kappa shape index (κ3) is 7.22. The number of phenols is 3. The molecule has 2 saturated heterocycles. The zero-order chi connectivity index (χ0) is 38.5. The predicted octanol–water partition coefficient (Wildman–Crippen LogP) is -2.93. The monoisotopic (exact) mass is 746 g/mol. The molecule has 3 aliphatic rings. The topological polar surface area (TPSA) is 342 Å². The third-order valence-corrected chi connectivity index (χ3v) is 8.77. The van der Waals surface area contributed by atoms with Crippen LogP contribution >= 0.6 is 0 Å². The van der Waals surface area contributed by atoms with Crippen LogP contribution < -0.4 is 21.2 Å². The second kappa shape index (κ2) is 14.6. The van der Waals surface area contributed by atoms with E-state index in [2.05, 4.69) is 5.32 Å². The molecule has 0 spiro atoms. The van der Waals surface area contributed by atoms with Crippen LogP contribution in [0.4, 0.5) is 0 Å². The fourth-order valence-corrected chi connectivity index (χ4v) is 5.86. The van der Waals surface area contributed by atoms with Crippen molar-refractivity contribution in [1.29, 1.82) is 0 Å². The third-order valence-electron chi connectivity index (χ3n) is 8.77. The Morgan fingerprint density at radius 1 is 0.830 bits per heavy atom. The van der Waals surface area contributed by atoms with Gasteiger partial charge in [0.25, 0.3) is 0 Å². The lowest BCUT2D eigenvalue weighted by Crippen LogP contribution is -2.63. The summed E-state index contributed by atoms with van der Waals surface area (Å²) < 4.78 is 27.1. The van der Waals surface area contributed by atoms with Gasteiger partial charge in [0.15, 0.2) is 29.1 Å². The average molecular weight is 747 g/mol. The number of carboxylic acid groups (broad SMARTS) is 1. The van der Waals surface area contributed by atoms with Gasteiger partial charge in [-0.05, 0) is 29.8 Å². The molecule has 6 rings (SSSR count). The van der Waals surface area contributed by atoms with E-state index in [4.69, 9.17) is 29.1 Å². The molecule has 4 heterocycles. The number of nitrogens with two attached hydrogens (primary N) is 1. The molecule has 0 radical (unpaired) electrons. The Labute approximate surface area is 296 Å². The number of dihydropyridines is 1. The number of hydrogen-bond acceptors (Lipinski definition) is 19. The standard InChI is InChI=1S/C33H34N2O18/c34-19-4-1-10(9-35-19)5-12-17(8-18-20(21(12)39)15(38)7-16(49-18)11-2-3-13(36)14(37)6-11)50-32-26(44)23(41)25(43)29(52-32)31(48)53-33-27(45)22(40)24(42)28(51-33)30(46)47/h1-4,6-9,19,22-29,32-33,35-37,39-45H,5,34H2,(H,46,47)/t19?,22-,23-,24-,25-,26+,27+,28-,29-,32-,33+/m0/s1. The zero-order valence-corrected chi connectivity index (χ0v) is 27.0. The van der Waals surface area contributed by atoms with Crippen molar-refractivity contribution in [3.63, 3.8) is 0 Å². The van der Waals surface area contributed by atoms with E-state index in [9.17, 15) is 65.4 Å². The molecule has 3 aliphatic heterocycles. The fourth-order valence-electron chi connectivity index (χ4n) is 5.86. The van der Waals surface area contributed by atoms with Gasteiger partial charge in [-0.2, -0.15) is 0 Å². The van der Waals surface area contributed by atoms with Gasteiger partial charge in [0.2, 0.25) is 12.6 Å². The van der Waals surface area contributed by atoms with Crippen molar-refractivity contribution in [3.05, 3.63) is 70.0 Å². The van der Waals surface area contributed by atoms with Crippen LogP contribution in [0.2, 0.25) is 0 Å². The number of phenolic OH excluding ortho intramolecular Hbond substituents is 3. The highest BCUT2D eigenvalue weighted by Crippen LogP contribution is 2.40. The first kappa shape index (κ1) is 37.5. The van der Waals surface area contributed by atoms with Gasteiger partial charge in [-0.3, -0.25) is 4.79 Å². The van der Waals surface area contributed by atoms with Crippen molar-refractivity contribution in [3.8, 4) is 34.3 Å². The number of benzene rings is 2. The number of carbonyl (C=O) groups excluding carboxylic acids is 1. The summed E-state index contributed by atoms with van der Waals surface area (Å²) in [4.78, 5) is 38.0. The molecular formula is C33H34N2O18. The minimum absolute atomic E-state index is 0.0884. The lowest BCUT2D eigenvalue weighted by atomic mass is 9.97. The molecule has 13 N–H and O–H groups in total. The number of aliphatic hydroxyl groups is 6. The number of carboxylic acids is 1. The van der Waals surface area contributed by atoms with Crippen LogP contribution in [-0.2, 0) is 30.2 Å². The highest BCUT2D eigenvalue weighted by Gasteiger charge is 2.52. The summed E-state index contributed by atoms with van der Waals surface area (Å²) in [6, 6.07) is 5.77. The van der Waals surface area contributed by atoms with E-state index in [0.29, 0.717) is 5.57 Å². The molecule has 2 aromatic carbocycles. The summed E-state index contributed by atoms with van der Waals surface area (Å²) in [6.45, 7) is 0. The Morgan fingerprint density at radius 3 is 2.13 bits per heavy atom. The Bertz CT molecular complexity index is 2030. The lowest BCUT2D eigenvalue weighted by Gasteiger charge is -2.41. The number of carbonyl (C=O) groups is 2. The fraction of sp³-hybridized carbons (Fsp3) is 0.364. The minimum Gasteiger partial charge on any atom is -0.507 e. The number of rotatable bonds is 8. The number of ether oxygens (including phenoxy) is 4. The molecule has 0 aliphatic carbocycles. The highest BCUT2D eigenvalue weighted by atomic mass is 16.7. The van der Waals surface area contributed by atoms with Gasteiger partial charge in [0.1, 0.15) is 64.9 Å². The molecule has 284 valence electrons. The van der Waals surface area contributed by atoms with Gasteiger partial charge in [0, 0.05) is 35.9 Å². The van der Waals surface area contributed by atoms with Crippen molar-refractivity contribution < 1.29 is 84.0 Å². The first-order valence-electron chi connectivity index (χ1n) is 15.8. The molecule has 20 heteroatoms. The number of nitrogens with one attached hydrogen (secondary N) is 1. The highest BCUT2D eigenvalue weighted by molar-refractivity contribution is 5.88. The molecule has 0 amide bonds. The Balaban J connectivity index is 1.35. The van der Waals surface area contributed by atoms with E-state index in [1.54, 1.807) is 12.2 Å². The molecular weight excluding hydrogens is 712 g/mol. The molecule has 0 bridgehead atoms. The number of hydrogen-bond donors (Lipinski definition) is 12. The number of aliphatic hydroxyl groups excluding tert-OH is 6. The van der Waals surface area contributed by atoms with Gasteiger partial charge >= 0.3 is 11.9 Å². The maximum absolute atomic E-state index is 13.4. The second-order valence-corrected chi connectivity index (χ2v) is 12.4. The molecule has 20 nitrogen and oxygen atoms in total. The Kier molecular flexibility index (Phi) is 10.3. The SMILES string of the molecule is NC1C=CC(Cc2c(O[C@H]3O[C@H](C(=O)O[C@H]4O[C@H](C(=O)O)[C@@H](O)[C@H](O)[C@H]4O)[C@@H](O)[C@H](O)[C@H]3O)cc3oc(-c4ccc(O)c(O)c4)cc(=O)c3c2O)=CN1. The Hall–Kier alpha value is -5.29. The van der Waals surface area contributed by atoms with Crippen molar-refractivity contribution in [2.75, 3.05) is 0 Å². The molecule has 1 aromatic heterocycles. The van der Waals surface area contributed by atoms with E-state index in [-0.39, 0.29) is 40.0 Å². The normalized spacial score (nSPS) is 31.4. The summed E-state index contributed by atoms with van der Waals surface area (Å²) in [5, 5.41) is 105. The quantitative estimate of drug-likeness (QED) is 0.0810. The van der Waals surface area contributed by atoms with Crippen LogP contribution in [0, 0.1) is 0 Å². The van der Waals surface area contributed by atoms with Crippen molar-refractivity contribution >= 4 is 22.9 Å². The summed E-state index contributed by atoms with van der Waals surface area (Å²) in [5.41, 5.74) is 5.37. The number of allylic oxidation sites excluding steroid dienone is 2. The zero-order valence-electron chi connectivity index (χ0n) is 27.0. The van der Waals surface area contributed by atoms with Crippen LogP contribution in [0.3, 0.4) is 0 Å². The van der Waals surface area contributed by atoms with Crippen LogP contribution in [0.1, 0.15) is 5.56 Å². The molecule has 1 unspecified atom stereocenters. The second-order valence-electron chi connectivity index (χ2n) is 12.4. The van der Waals surface area contributed by atoms with Gasteiger partial charge in [0.05, 0.1) is 6.17 Å². The van der Waals surface area contributed by atoms with Crippen molar-refractivity contribution in [2.24, 2.45) is 5.73 Å². The first-order valence-corrected chi connectivity index (χ1v) is 15.8. The van der Waals surface area contributed by atoms with Gasteiger partial charge < -0.3 is 85.5 Å². The largest absolute Gasteiger partial charge is 0.507 e. The molecule has 3 aromatic rings.